The second-order valence-corrected chi connectivity index (χ2v) is 5.80. The van der Waals surface area contributed by atoms with Gasteiger partial charge in [0.25, 0.3) is 5.91 Å². The Kier molecular flexibility index (Phi) is 6.08. The third-order valence-electron chi connectivity index (χ3n) is 3.11. The molecule has 0 heterocycles. The number of benzene rings is 2. The second-order valence-electron chi connectivity index (χ2n) is 4.88. The van der Waals surface area contributed by atoms with E-state index in [9.17, 15) is 14.7 Å². The molecule has 2 amide bonds. The minimum atomic E-state index is -0.394. The van der Waals surface area contributed by atoms with Gasteiger partial charge in [-0.25, -0.2) is 5.43 Å². The summed E-state index contributed by atoms with van der Waals surface area (Å²) in [5.74, 6) is -0.424. The number of rotatable bonds is 5. The number of nitrogens with one attached hydrogen (secondary N) is 2. The minimum Gasteiger partial charge on any atom is -0.507 e. The summed E-state index contributed by atoms with van der Waals surface area (Å²) in [4.78, 5) is 23.3. The number of carbonyl (C=O) groups is 2. The van der Waals surface area contributed by atoms with E-state index in [4.69, 9.17) is 0 Å². The van der Waals surface area contributed by atoms with Crippen molar-refractivity contribution in [3.8, 4) is 5.75 Å². The Morgan fingerprint density at radius 1 is 1.21 bits per heavy atom. The summed E-state index contributed by atoms with van der Waals surface area (Å²) in [6, 6.07) is 11.4. The van der Waals surface area contributed by atoms with Gasteiger partial charge < -0.3 is 10.4 Å². The number of aromatic hydroxyl groups is 1. The molecular weight excluding hydrogens is 374 g/mol. The summed E-state index contributed by atoms with van der Waals surface area (Å²) in [6.07, 6.45) is 1.74. The highest BCUT2D eigenvalue weighted by Gasteiger charge is 2.05. The molecule has 124 valence electrons. The summed E-state index contributed by atoms with van der Waals surface area (Å²) >= 11 is 3.29. The normalized spacial score (nSPS) is 10.6. The average molecular weight is 390 g/mol. The molecule has 0 saturated carbocycles. The van der Waals surface area contributed by atoms with E-state index in [0.717, 1.165) is 4.47 Å². The first-order chi connectivity index (χ1) is 11.5. The number of nitrogens with zero attached hydrogens (tertiary/aromatic N) is 1. The summed E-state index contributed by atoms with van der Waals surface area (Å²) < 4.78 is 0.790. The average Bonchev–Trinajstić information content (AvgIpc) is 2.58. The van der Waals surface area contributed by atoms with Crippen LogP contribution in [-0.4, -0.2) is 23.1 Å². The van der Waals surface area contributed by atoms with Crippen LogP contribution < -0.4 is 10.7 Å². The predicted octanol–water partition coefficient (Wildman–Crippen LogP) is 3.27. The van der Waals surface area contributed by atoms with Gasteiger partial charge in [0.15, 0.2) is 0 Å². The van der Waals surface area contributed by atoms with Crippen molar-refractivity contribution in [2.24, 2.45) is 5.10 Å². The van der Waals surface area contributed by atoms with Gasteiger partial charge in [0.2, 0.25) is 5.91 Å². The number of hydrogen-bond acceptors (Lipinski definition) is 4. The van der Waals surface area contributed by atoms with Crippen molar-refractivity contribution in [1.29, 1.82) is 0 Å². The number of hydrazone groups is 1. The highest BCUT2D eigenvalue weighted by Crippen LogP contribution is 2.19. The molecule has 0 aliphatic rings. The molecule has 0 bridgehead atoms. The molecule has 0 fully saturated rings. The summed E-state index contributed by atoms with van der Waals surface area (Å²) in [6.45, 7) is 1.76. The van der Waals surface area contributed by atoms with E-state index < -0.39 is 5.91 Å². The van der Waals surface area contributed by atoms with Crippen LogP contribution in [0.5, 0.6) is 5.75 Å². The van der Waals surface area contributed by atoms with Crippen LogP contribution in [0.25, 0.3) is 0 Å². The second kappa shape index (κ2) is 8.26. The maximum absolute atomic E-state index is 12.0. The van der Waals surface area contributed by atoms with Crippen molar-refractivity contribution in [1.82, 2.24) is 5.43 Å². The van der Waals surface area contributed by atoms with Crippen molar-refractivity contribution >= 4 is 39.6 Å². The predicted molar refractivity (Wildman–Crippen MR) is 96.2 cm³/mol. The number of hydrogen-bond donors (Lipinski definition) is 3. The van der Waals surface area contributed by atoms with Crippen LogP contribution in [-0.2, 0) is 4.79 Å². The topological polar surface area (TPSA) is 90.8 Å². The van der Waals surface area contributed by atoms with E-state index in [1.807, 2.05) is 0 Å². The van der Waals surface area contributed by atoms with Gasteiger partial charge in [-0.3, -0.25) is 9.59 Å². The number of anilines is 1. The number of amides is 2. The van der Waals surface area contributed by atoms with E-state index in [-0.39, 0.29) is 11.7 Å². The lowest BCUT2D eigenvalue weighted by Gasteiger charge is -2.05. The quantitative estimate of drug-likeness (QED) is 0.541. The van der Waals surface area contributed by atoms with E-state index in [0.29, 0.717) is 23.2 Å². The molecular formula is C17H16BrN3O3. The fourth-order valence-electron chi connectivity index (χ4n) is 1.81. The maximum atomic E-state index is 12.0. The lowest BCUT2D eigenvalue weighted by atomic mass is 10.2. The van der Waals surface area contributed by atoms with Crippen LogP contribution in [0.3, 0.4) is 0 Å². The zero-order valence-electron chi connectivity index (χ0n) is 12.9. The highest BCUT2D eigenvalue weighted by atomic mass is 79.9. The molecule has 2 aromatic carbocycles. The zero-order valence-corrected chi connectivity index (χ0v) is 14.5. The summed E-state index contributed by atoms with van der Waals surface area (Å²) in [7, 11) is 0. The van der Waals surface area contributed by atoms with Gasteiger partial charge in [-0.05, 0) is 42.5 Å². The maximum Gasteiger partial charge on any atom is 0.271 e. The van der Waals surface area contributed by atoms with E-state index in [2.05, 4.69) is 31.8 Å². The van der Waals surface area contributed by atoms with Crippen LogP contribution >= 0.6 is 15.9 Å². The van der Waals surface area contributed by atoms with Crippen LogP contribution in [0, 0.1) is 0 Å². The van der Waals surface area contributed by atoms with Crippen LogP contribution in [0.4, 0.5) is 5.69 Å². The smallest absolute Gasteiger partial charge is 0.271 e. The fourth-order valence-corrected chi connectivity index (χ4v) is 2.19. The van der Waals surface area contributed by atoms with Crippen molar-refractivity contribution < 1.29 is 14.7 Å². The molecule has 7 heteroatoms. The number of phenolic OH excluding ortho intramolecular Hbond substituents is 1. The van der Waals surface area contributed by atoms with Gasteiger partial charge in [0.1, 0.15) is 5.75 Å². The van der Waals surface area contributed by atoms with Gasteiger partial charge in [-0.15, -0.1) is 0 Å². The van der Waals surface area contributed by atoms with Crippen molar-refractivity contribution in [2.75, 3.05) is 5.32 Å². The lowest BCUT2D eigenvalue weighted by molar-refractivity contribution is -0.115. The monoisotopic (exact) mass is 389 g/mol. The summed E-state index contributed by atoms with van der Waals surface area (Å²) in [5.41, 5.74) is 3.89. The van der Waals surface area contributed by atoms with Crippen LogP contribution in [0.2, 0.25) is 0 Å². The third-order valence-corrected chi connectivity index (χ3v) is 3.60. The molecule has 3 N–H and O–H groups in total. The molecule has 6 nitrogen and oxygen atoms in total. The molecule has 0 spiro atoms. The minimum absolute atomic E-state index is 0.0622. The SMILES string of the molecule is CCC(=O)Nc1ccc(C(=O)NN=Cc2cc(Br)ccc2O)cc1. The van der Waals surface area contributed by atoms with Gasteiger partial charge in [-0.1, -0.05) is 22.9 Å². The Labute approximate surface area is 147 Å². The molecule has 0 atom stereocenters. The Balaban J connectivity index is 1.98. The van der Waals surface area contributed by atoms with Crippen molar-refractivity contribution in [3.05, 3.63) is 58.1 Å². The summed E-state index contributed by atoms with van der Waals surface area (Å²) in [5, 5.41) is 16.2. The lowest BCUT2D eigenvalue weighted by Crippen LogP contribution is -2.17. The van der Waals surface area contributed by atoms with E-state index >= 15 is 0 Å². The molecule has 0 aliphatic carbocycles. The third kappa shape index (κ3) is 4.92. The Bertz CT molecular complexity index is 773. The molecule has 0 aliphatic heterocycles. The van der Waals surface area contributed by atoms with Crippen molar-refractivity contribution in [2.45, 2.75) is 13.3 Å². The molecule has 24 heavy (non-hydrogen) atoms. The van der Waals surface area contributed by atoms with Gasteiger partial charge in [0, 0.05) is 27.7 Å². The largest absolute Gasteiger partial charge is 0.507 e. The molecule has 2 aromatic rings. The Morgan fingerprint density at radius 2 is 1.92 bits per heavy atom. The Morgan fingerprint density at radius 3 is 2.58 bits per heavy atom. The standard InChI is InChI=1S/C17H16BrN3O3/c1-2-16(23)20-14-6-3-11(4-7-14)17(24)21-19-10-12-9-13(18)5-8-15(12)22/h3-10,22H,2H2,1H3,(H,20,23)(H,21,24). The van der Waals surface area contributed by atoms with Gasteiger partial charge >= 0.3 is 0 Å². The van der Waals surface area contributed by atoms with E-state index in [1.165, 1.54) is 12.3 Å². The van der Waals surface area contributed by atoms with Crippen LogP contribution in [0.15, 0.2) is 52.0 Å². The van der Waals surface area contributed by atoms with Gasteiger partial charge in [0.05, 0.1) is 6.21 Å². The number of phenols is 1. The number of halogens is 1. The fraction of sp³-hybridized carbons (Fsp3) is 0.118. The molecule has 0 unspecified atom stereocenters. The Hall–Kier alpha value is -2.67. The highest BCUT2D eigenvalue weighted by molar-refractivity contribution is 9.10. The zero-order chi connectivity index (χ0) is 17.5. The van der Waals surface area contributed by atoms with Gasteiger partial charge in [-0.2, -0.15) is 5.10 Å². The first-order valence-corrected chi connectivity index (χ1v) is 8.00. The molecule has 0 radical (unpaired) electrons. The molecule has 0 aromatic heterocycles. The first kappa shape index (κ1) is 17.7. The van der Waals surface area contributed by atoms with Crippen molar-refractivity contribution in [3.63, 3.8) is 0 Å². The molecule has 2 rings (SSSR count). The first-order valence-electron chi connectivity index (χ1n) is 7.21. The molecule has 0 saturated heterocycles. The number of carbonyl (C=O) groups excluding carboxylic acids is 2. The van der Waals surface area contributed by atoms with Crippen LogP contribution in [0.1, 0.15) is 29.3 Å². The van der Waals surface area contributed by atoms with E-state index in [1.54, 1.807) is 43.3 Å².